The standard InChI is InChI=1S/C24H26FN3O2/c1-3-30-24(29)23-17(2)20-6-4-5-7-21(20)26-22(23)16-27-12-14-28(15-13-27)19-10-8-18(25)9-11-19/h4-11H,3,12-16H2,1-2H3/p+1. The summed E-state index contributed by atoms with van der Waals surface area (Å²) < 4.78 is 18.5. The monoisotopic (exact) mass is 408 g/mol. The molecule has 0 radical (unpaired) electrons. The number of quaternary nitrogens is 1. The van der Waals surface area contributed by atoms with Crippen molar-refractivity contribution < 1.29 is 18.8 Å². The summed E-state index contributed by atoms with van der Waals surface area (Å²) in [5.74, 6) is -0.514. The Morgan fingerprint density at radius 3 is 2.53 bits per heavy atom. The van der Waals surface area contributed by atoms with Gasteiger partial charge >= 0.3 is 5.97 Å². The van der Waals surface area contributed by atoms with E-state index in [0.29, 0.717) is 18.7 Å². The number of aryl methyl sites for hydroxylation is 1. The molecule has 0 atom stereocenters. The molecule has 0 amide bonds. The predicted molar refractivity (Wildman–Crippen MR) is 115 cm³/mol. The number of carbonyl (C=O) groups is 1. The normalized spacial score (nSPS) is 14.8. The molecule has 3 aromatic rings. The van der Waals surface area contributed by atoms with E-state index in [2.05, 4.69) is 4.90 Å². The highest BCUT2D eigenvalue weighted by atomic mass is 19.1. The van der Waals surface area contributed by atoms with Crippen molar-refractivity contribution in [2.24, 2.45) is 0 Å². The zero-order chi connectivity index (χ0) is 21.1. The van der Waals surface area contributed by atoms with Gasteiger partial charge in [-0.3, -0.25) is 0 Å². The third kappa shape index (κ3) is 4.14. The maximum Gasteiger partial charge on any atom is 0.340 e. The number of ether oxygens (including phenoxy) is 1. The minimum absolute atomic E-state index is 0.216. The van der Waals surface area contributed by atoms with E-state index in [9.17, 15) is 9.18 Å². The fraction of sp³-hybridized carbons (Fsp3) is 0.333. The van der Waals surface area contributed by atoms with Gasteiger partial charge in [-0.25, -0.2) is 14.2 Å². The fourth-order valence-corrected chi connectivity index (χ4v) is 4.19. The van der Waals surface area contributed by atoms with Crippen LogP contribution in [0.2, 0.25) is 0 Å². The average Bonchev–Trinajstić information content (AvgIpc) is 2.75. The first-order valence-corrected chi connectivity index (χ1v) is 10.5. The summed E-state index contributed by atoms with van der Waals surface area (Å²) in [6.45, 7) is 8.42. The molecule has 2 heterocycles. The lowest BCUT2D eigenvalue weighted by atomic mass is 10.0. The average molecular weight is 408 g/mol. The number of carbonyl (C=O) groups excluding carboxylic acids is 1. The molecule has 0 bridgehead atoms. The van der Waals surface area contributed by atoms with Gasteiger partial charge in [-0.1, -0.05) is 18.2 Å². The second kappa shape index (κ2) is 8.79. The number of fused-ring (bicyclic) bond motifs is 1. The van der Waals surface area contributed by atoms with Crippen molar-refractivity contribution in [3.8, 4) is 0 Å². The molecule has 5 nitrogen and oxygen atoms in total. The first-order valence-electron chi connectivity index (χ1n) is 10.5. The van der Waals surface area contributed by atoms with E-state index in [1.54, 1.807) is 0 Å². The molecule has 0 saturated carbocycles. The second-order valence-electron chi connectivity index (χ2n) is 7.69. The van der Waals surface area contributed by atoms with Crippen LogP contribution < -0.4 is 9.80 Å². The number of pyridine rings is 1. The van der Waals surface area contributed by atoms with E-state index < -0.39 is 0 Å². The van der Waals surface area contributed by atoms with Crippen LogP contribution in [0.5, 0.6) is 0 Å². The lowest BCUT2D eigenvalue weighted by Gasteiger charge is -2.33. The molecule has 0 aliphatic carbocycles. The number of esters is 1. The van der Waals surface area contributed by atoms with Crippen molar-refractivity contribution in [1.29, 1.82) is 0 Å². The molecule has 0 spiro atoms. The highest BCUT2D eigenvalue weighted by Crippen LogP contribution is 2.23. The Bertz CT molecular complexity index is 1040. The van der Waals surface area contributed by atoms with Crippen LogP contribution in [0, 0.1) is 12.7 Å². The predicted octanol–water partition coefficient (Wildman–Crippen LogP) is 2.76. The molecule has 4 rings (SSSR count). The summed E-state index contributed by atoms with van der Waals surface area (Å²) in [6.07, 6.45) is 0. The maximum absolute atomic E-state index is 13.2. The van der Waals surface area contributed by atoms with Crippen LogP contribution in [0.15, 0.2) is 48.5 Å². The summed E-state index contributed by atoms with van der Waals surface area (Å²) in [4.78, 5) is 21.2. The number of para-hydroxylation sites is 1. The van der Waals surface area contributed by atoms with Gasteiger partial charge in [0.1, 0.15) is 18.1 Å². The number of anilines is 1. The van der Waals surface area contributed by atoms with Gasteiger partial charge in [0.15, 0.2) is 0 Å². The number of piperazine rings is 1. The summed E-state index contributed by atoms with van der Waals surface area (Å²) >= 11 is 0. The number of nitrogens with zero attached hydrogens (tertiary/aromatic N) is 2. The van der Waals surface area contributed by atoms with E-state index in [1.165, 1.54) is 17.0 Å². The van der Waals surface area contributed by atoms with Crippen molar-refractivity contribution in [2.45, 2.75) is 20.4 Å². The molecule has 1 saturated heterocycles. The third-order valence-electron chi connectivity index (χ3n) is 5.79. The van der Waals surface area contributed by atoms with Crippen molar-refractivity contribution in [3.05, 3.63) is 71.2 Å². The Morgan fingerprint density at radius 2 is 1.83 bits per heavy atom. The minimum Gasteiger partial charge on any atom is -0.462 e. The molecule has 0 unspecified atom stereocenters. The van der Waals surface area contributed by atoms with Crippen LogP contribution in [0.4, 0.5) is 10.1 Å². The van der Waals surface area contributed by atoms with E-state index in [0.717, 1.165) is 54.0 Å². The summed E-state index contributed by atoms with van der Waals surface area (Å²) in [7, 11) is 0. The number of nitrogens with one attached hydrogen (secondary N) is 1. The smallest absolute Gasteiger partial charge is 0.340 e. The quantitative estimate of drug-likeness (QED) is 0.660. The van der Waals surface area contributed by atoms with Gasteiger partial charge in [0.05, 0.1) is 43.9 Å². The van der Waals surface area contributed by atoms with Gasteiger partial charge in [0.2, 0.25) is 0 Å². The summed E-state index contributed by atoms with van der Waals surface area (Å²) in [6, 6.07) is 14.6. The Labute approximate surface area is 176 Å². The van der Waals surface area contributed by atoms with Crippen LogP contribution >= 0.6 is 0 Å². The van der Waals surface area contributed by atoms with E-state index in [1.807, 2.05) is 50.2 Å². The number of rotatable bonds is 5. The molecule has 6 heteroatoms. The molecular formula is C24H27FN3O2+. The van der Waals surface area contributed by atoms with E-state index >= 15 is 0 Å². The summed E-state index contributed by atoms with van der Waals surface area (Å²) in [5.41, 5.74) is 4.28. The number of hydrogen-bond acceptors (Lipinski definition) is 4. The number of aromatic nitrogens is 1. The number of hydrogen-bond donors (Lipinski definition) is 1. The first kappa shape index (κ1) is 20.3. The van der Waals surface area contributed by atoms with Gasteiger partial charge in [0, 0.05) is 11.1 Å². The first-order chi connectivity index (χ1) is 14.6. The molecule has 1 aliphatic heterocycles. The van der Waals surface area contributed by atoms with Crippen molar-refractivity contribution in [3.63, 3.8) is 0 Å². The zero-order valence-corrected chi connectivity index (χ0v) is 17.5. The number of benzene rings is 2. The summed E-state index contributed by atoms with van der Waals surface area (Å²) in [5, 5.41) is 0.987. The SMILES string of the molecule is CCOC(=O)c1c(C[NH+]2CCN(c3ccc(F)cc3)CC2)nc2ccccc2c1C. The van der Waals surface area contributed by atoms with Gasteiger partial charge in [-0.15, -0.1) is 0 Å². The largest absolute Gasteiger partial charge is 0.462 e. The Hall–Kier alpha value is -2.99. The minimum atomic E-state index is -0.299. The second-order valence-corrected chi connectivity index (χ2v) is 7.69. The molecule has 1 aromatic heterocycles. The van der Waals surface area contributed by atoms with Crippen molar-refractivity contribution in [2.75, 3.05) is 37.7 Å². The van der Waals surface area contributed by atoms with Crippen molar-refractivity contribution >= 4 is 22.6 Å². The van der Waals surface area contributed by atoms with Crippen LogP contribution in [-0.4, -0.2) is 43.7 Å². The third-order valence-corrected chi connectivity index (χ3v) is 5.79. The van der Waals surface area contributed by atoms with E-state index in [4.69, 9.17) is 9.72 Å². The number of halogens is 1. The van der Waals surface area contributed by atoms with Gasteiger partial charge in [-0.05, 0) is 49.7 Å². The molecule has 2 aromatic carbocycles. The Morgan fingerprint density at radius 1 is 1.13 bits per heavy atom. The molecule has 1 N–H and O–H groups in total. The maximum atomic E-state index is 13.2. The Kier molecular flexibility index (Phi) is 5.95. The molecule has 156 valence electrons. The molecule has 30 heavy (non-hydrogen) atoms. The van der Waals surface area contributed by atoms with Crippen LogP contribution in [-0.2, 0) is 11.3 Å². The van der Waals surface area contributed by atoms with Gasteiger partial charge in [0.25, 0.3) is 0 Å². The van der Waals surface area contributed by atoms with Crippen LogP contribution in [0.25, 0.3) is 10.9 Å². The topological polar surface area (TPSA) is 46.9 Å². The molecule has 1 aliphatic rings. The Balaban J connectivity index is 1.55. The lowest BCUT2D eigenvalue weighted by Crippen LogP contribution is -3.13. The highest BCUT2D eigenvalue weighted by Gasteiger charge is 2.26. The lowest BCUT2D eigenvalue weighted by molar-refractivity contribution is -0.914. The molecule has 1 fully saturated rings. The fourth-order valence-electron chi connectivity index (χ4n) is 4.19. The van der Waals surface area contributed by atoms with Crippen molar-refractivity contribution in [1.82, 2.24) is 4.98 Å². The van der Waals surface area contributed by atoms with Gasteiger partial charge < -0.3 is 14.5 Å². The van der Waals surface area contributed by atoms with Crippen LogP contribution in [0.3, 0.4) is 0 Å². The van der Waals surface area contributed by atoms with Crippen LogP contribution in [0.1, 0.15) is 28.5 Å². The molecular weight excluding hydrogens is 381 g/mol. The zero-order valence-electron chi connectivity index (χ0n) is 17.5. The van der Waals surface area contributed by atoms with Gasteiger partial charge in [-0.2, -0.15) is 0 Å². The van der Waals surface area contributed by atoms with E-state index in [-0.39, 0.29) is 11.8 Å². The highest BCUT2D eigenvalue weighted by molar-refractivity contribution is 5.98.